The van der Waals surface area contributed by atoms with E-state index >= 15 is 0 Å². The SMILES string of the molecule is CC(C)C(C)OCc1ccc2c(c1)C(=O)c1ccccc1C2=O. The second kappa shape index (κ2) is 6.09. The number of rotatable bonds is 4. The number of ketones is 2. The molecular weight excluding hydrogens is 288 g/mol. The summed E-state index contributed by atoms with van der Waals surface area (Å²) in [6.45, 7) is 6.69. The van der Waals surface area contributed by atoms with Crippen LogP contribution in [0.4, 0.5) is 0 Å². The van der Waals surface area contributed by atoms with E-state index in [-0.39, 0.29) is 17.7 Å². The molecule has 1 aliphatic carbocycles. The Morgan fingerprint density at radius 3 is 2.00 bits per heavy atom. The van der Waals surface area contributed by atoms with E-state index in [1.54, 1.807) is 36.4 Å². The van der Waals surface area contributed by atoms with Crippen LogP contribution < -0.4 is 0 Å². The average molecular weight is 308 g/mol. The van der Waals surface area contributed by atoms with Crippen LogP contribution in [0, 0.1) is 5.92 Å². The first-order valence-electron chi connectivity index (χ1n) is 7.92. The van der Waals surface area contributed by atoms with Gasteiger partial charge in [0, 0.05) is 22.3 Å². The van der Waals surface area contributed by atoms with Gasteiger partial charge in [0.05, 0.1) is 12.7 Å². The molecule has 2 aromatic rings. The summed E-state index contributed by atoms with van der Waals surface area (Å²) in [4.78, 5) is 25.2. The van der Waals surface area contributed by atoms with Gasteiger partial charge in [-0.15, -0.1) is 0 Å². The summed E-state index contributed by atoms with van der Waals surface area (Å²) in [6.07, 6.45) is 0.143. The molecule has 0 radical (unpaired) electrons. The molecule has 1 atom stereocenters. The fraction of sp³-hybridized carbons (Fsp3) is 0.300. The van der Waals surface area contributed by atoms with Gasteiger partial charge in [-0.05, 0) is 30.5 Å². The van der Waals surface area contributed by atoms with E-state index in [9.17, 15) is 9.59 Å². The van der Waals surface area contributed by atoms with E-state index in [0.29, 0.717) is 34.8 Å². The van der Waals surface area contributed by atoms with Crippen LogP contribution in [0.5, 0.6) is 0 Å². The summed E-state index contributed by atoms with van der Waals surface area (Å²) in [5.74, 6) is 0.259. The largest absolute Gasteiger partial charge is 0.374 e. The summed E-state index contributed by atoms with van der Waals surface area (Å²) in [7, 11) is 0. The molecule has 0 fully saturated rings. The van der Waals surface area contributed by atoms with E-state index in [2.05, 4.69) is 13.8 Å². The van der Waals surface area contributed by atoms with Crippen molar-refractivity contribution in [2.75, 3.05) is 0 Å². The maximum atomic E-state index is 12.7. The second-order valence-corrected chi connectivity index (χ2v) is 6.34. The number of benzene rings is 2. The third kappa shape index (κ3) is 2.84. The minimum Gasteiger partial charge on any atom is -0.374 e. The smallest absolute Gasteiger partial charge is 0.194 e. The Bertz CT molecular complexity index is 774. The Morgan fingerprint density at radius 2 is 1.39 bits per heavy atom. The van der Waals surface area contributed by atoms with Crippen molar-refractivity contribution < 1.29 is 14.3 Å². The van der Waals surface area contributed by atoms with Crippen molar-refractivity contribution in [1.29, 1.82) is 0 Å². The first-order chi connectivity index (χ1) is 11.0. The predicted molar refractivity (Wildman–Crippen MR) is 88.8 cm³/mol. The Morgan fingerprint density at radius 1 is 0.826 bits per heavy atom. The molecular formula is C20H20O3. The number of fused-ring (bicyclic) bond motifs is 2. The molecule has 1 aliphatic rings. The van der Waals surface area contributed by atoms with Gasteiger partial charge in [0.2, 0.25) is 0 Å². The lowest BCUT2D eigenvalue weighted by Crippen LogP contribution is -2.21. The molecule has 0 bridgehead atoms. The highest BCUT2D eigenvalue weighted by Gasteiger charge is 2.29. The Kier molecular flexibility index (Phi) is 4.14. The normalized spacial score (nSPS) is 14.6. The molecule has 0 heterocycles. The van der Waals surface area contributed by atoms with Gasteiger partial charge in [-0.25, -0.2) is 0 Å². The first-order valence-corrected chi connectivity index (χ1v) is 7.92. The summed E-state index contributed by atoms with van der Waals surface area (Å²) in [5, 5.41) is 0. The Balaban J connectivity index is 1.91. The third-order valence-electron chi connectivity index (χ3n) is 4.44. The van der Waals surface area contributed by atoms with Crippen LogP contribution in [-0.4, -0.2) is 17.7 Å². The highest BCUT2D eigenvalue weighted by molar-refractivity contribution is 6.28. The van der Waals surface area contributed by atoms with Gasteiger partial charge in [-0.2, -0.15) is 0 Å². The quantitative estimate of drug-likeness (QED) is 0.731. The molecule has 0 saturated heterocycles. The molecule has 0 saturated carbocycles. The molecule has 0 aromatic heterocycles. The molecule has 3 heteroatoms. The number of carbonyl (C=O) groups is 2. The van der Waals surface area contributed by atoms with Gasteiger partial charge in [0.1, 0.15) is 0 Å². The topological polar surface area (TPSA) is 43.4 Å². The number of carbonyl (C=O) groups excluding carboxylic acids is 2. The van der Waals surface area contributed by atoms with Crippen LogP contribution in [-0.2, 0) is 11.3 Å². The highest BCUT2D eigenvalue weighted by atomic mass is 16.5. The van der Waals surface area contributed by atoms with Crippen molar-refractivity contribution in [1.82, 2.24) is 0 Å². The number of hydrogen-bond donors (Lipinski definition) is 0. The van der Waals surface area contributed by atoms with Gasteiger partial charge in [0.15, 0.2) is 11.6 Å². The van der Waals surface area contributed by atoms with Crippen LogP contribution in [0.2, 0.25) is 0 Å². The standard InChI is InChI=1S/C20H20O3/c1-12(2)13(3)23-11-14-8-9-17-18(10-14)20(22)16-7-5-4-6-15(16)19(17)21/h4-10,12-13H,11H2,1-3H3. The predicted octanol–water partition coefficient (Wildman–Crippen LogP) is 4.02. The number of hydrogen-bond acceptors (Lipinski definition) is 3. The molecule has 0 aliphatic heterocycles. The van der Waals surface area contributed by atoms with Crippen molar-refractivity contribution in [2.24, 2.45) is 5.92 Å². The fourth-order valence-corrected chi connectivity index (χ4v) is 2.66. The maximum absolute atomic E-state index is 12.7. The lowest BCUT2D eigenvalue weighted by atomic mass is 9.83. The summed E-state index contributed by atoms with van der Waals surface area (Å²) in [6, 6.07) is 12.4. The fourth-order valence-electron chi connectivity index (χ4n) is 2.66. The molecule has 2 aromatic carbocycles. The highest BCUT2D eigenvalue weighted by Crippen LogP contribution is 2.28. The third-order valence-corrected chi connectivity index (χ3v) is 4.44. The first kappa shape index (κ1) is 15.6. The van der Waals surface area contributed by atoms with E-state index in [1.165, 1.54) is 0 Å². The van der Waals surface area contributed by atoms with E-state index in [1.807, 2.05) is 13.0 Å². The minimum atomic E-state index is -0.0889. The van der Waals surface area contributed by atoms with Gasteiger partial charge in [-0.1, -0.05) is 44.2 Å². The van der Waals surface area contributed by atoms with Gasteiger partial charge < -0.3 is 4.74 Å². The van der Waals surface area contributed by atoms with Gasteiger partial charge >= 0.3 is 0 Å². The zero-order chi connectivity index (χ0) is 16.6. The molecule has 0 N–H and O–H groups in total. The van der Waals surface area contributed by atoms with E-state index in [0.717, 1.165) is 5.56 Å². The molecule has 0 spiro atoms. The molecule has 0 amide bonds. The lowest BCUT2D eigenvalue weighted by molar-refractivity contribution is 0.0235. The summed E-state index contributed by atoms with van der Waals surface area (Å²) in [5.41, 5.74) is 2.85. The molecule has 3 nitrogen and oxygen atoms in total. The number of ether oxygens (including phenoxy) is 1. The van der Waals surface area contributed by atoms with Crippen molar-refractivity contribution >= 4 is 11.6 Å². The van der Waals surface area contributed by atoms with Crippen molar-refractivity contribution in [3.05, 3.63) is 70.3 Å². The van der Waals surface area contributed by atoms with Gasteiger partial charge in [0.25, 0.3) is 0 Å². The van der Waals surface area contributed by atoms with Crippen LogP contribution in [0.25, 0.3) is 0 Å². The average Bonchev–Trinajstić information content (AvgIpc) is 2.57. The van der Waals surface area contributed by atoms with Crippen molar-refractivity contribution in [2.45, 2.75) is 33.5 Å². The molecule has 118 valence electrons. The zero-order valence-corrected chi connectivity index (χ0v) is 13.6. The monoisotopic (exact) mass is 308 g/mol. The lowest BCUT2D eigenvalue weighted by Gasteiger charge is -2.19. The molecule has 23 heavy (non-hydrogen) atoms. The van der Waals surface area contributed by atoms with Crippen molar-refractivity contribution in [3.8, 4) is 0 Å². The molecule has 1 unspecified atom stereocenters. The minimum absolute atomic E-state index is 0.0850. The maximum Gasteiger partial charge on any atom is 0.194 e. The van der Waals surface area contributed by atoms with E-state index < -0.39 is 0 Å². The summed E-state index contributed by atoms with van der Waals surface area (Å²) >= 11 is 0. The van der Waals surface area contributed by atoms with Crippen LogP contribution >= 0.6 is 0 Å². The van der Waals surface area contributed by atoms with Crippen LogP contribution in [0.1, 0.15) is 58.2 Å². The van der Waals surface area contributed by atoms with Crippen LogP contribution in [0.15, 0.2) is 42.5 Å². The zero-order valence-electron chi connectivity index (χ0n) is 13.6. The summed E-state index contributed by atoms with van der Waals surface area (Å²) < 4.78 is 5.82. The van der Waals surface area contributed by atoms with E-state index in [4.69, 9.17) is 4.74 Å². The van der Waals surface area contributed by atoms with Gasteiger partial charge in [-0.3, -0.25) is 9.59 Å². The van der Waals surface area contributed by atoms with Crippen molar-refractivity contribution in [3.63, 3.8) is 0 Å². The second-order valence-electron chi connectivity index (χ2n) is 6.34. The molecule has 3 rings (SSSR count). The Labute approximate surface area is 136 Å². The Hall–Kier alpha value is -2.26. The van der Waals surface area contributed by atoms with Crippen LogP contribution in [0.3, 0.4) is 0 Å².